The van der Waals surface area contributed by atoms with Crippen LogP contribution in [0.1, 0.15) is 18.4 Å². The zero-order chi connectivity index (χ0) is 15.4. The third kappa shape index (κ3) is 3.88. The Morgan fingerprint density at radius 2 is 1.95 bits per heavy atom. The minimum atomic E-state index is -0.483. The largest absolute Gasteiger partial charge is 0.326 e. The predicted octanol–water partition coefficient (Wildman–Crippen LogP) is 4.10. The third-order valence-electron chi connectivity index (χ3n) is 3.07. The number of carbonyl (C=O) groups excluding carboxylic acids is 1. The van der Waals surface area contributed by atoms with Gasteiger partial charge in [0.15, 0.2) is 0 Å². The molecule has 0 aromatic heterocycles. The molecule has 6 heteroatoms. The van der Waals surface area contributed by atoms with Crippen molar-refractivity contribution in [2.24, 2.45) is 0 Å². The molecule has 0 saturated heterocycles. The molecule has 0 radical (unpaired) electrons. The van der Waals surface area contributed by atoms with E-state index in [-0.39, 0.29) is 11.6 Å². The molecule has 0 heterocycles. The van der Waals surface area contributed by atoms with E-state index in [1.807, 2.05) is 12.1 Å². The number of rotatable bonds is 4. The minimum absolute atomic E-state index is 0.0189. The Morgan fingerprint density at radius 1 is 1.24 bits per heavy atom. The number of hydrogen-bond donors (Lipinski definition) is 1. The zero-order valence-electron chi connectivity index (χ0n) is 11.2. The van der Waals surface area contributed by atoms with Gasteiger partial charge in [-0.05, 0) is 30.7 Å². The monoisotopic (exact) mass is 348 g/mol. The highest BCUT2D eigenvalue weighted by molar-refractivity contribution is 9.10. The molecule has 21 heavy (non-hydrogen) atoms. The quantitative estimate of drug-likeness (QED) is 0.667. The molecular formula is C15H13BrN2O3. The molecule has 0 aliphatic heterocycles. The van der Waals surface area contributed by atoms with E-state index in [2.05, 4.69) is 21.2 Å². The average molecular weight is 349 g/mol. The second-order valence-electron chi connectivity index (χ2n) is 4.57. The van der Waals surface area contributed by atoms with Gasteiger partial charge in [0.2, 0.25) is 5.91 Å². The van der Waals surface area contributed by atoms with Crippen LogP contribution in [0.25, 0.3) is 0 Å². The molecule has 1 N–H and O–H groups in total. The summed E-state index contributed by atoms with van der Waals surface area (Å²) in [6.45, 7) is 1.71. The van der Waals surface area contributed by atoms with Crippen molar-refractivity contribution in [3.63, 3.8) is 0 Å². The Labute approximate surface area is 130 Å². The maximum atomic E-state index is 12.2. The fourth-order valence-electron chi connectivity index (χ4n) is 1.88. The number of benzene rings is 2. The van der Waals surface area contributed by atoms with Crippen molar-refractivity contribution in [2.75, 3.05) is 5.32 Å². The molecule has 2 rings (SSSR count). The van der Waals surface area contributed by atoms with Crippen LogP contribution >= 0.6 is 15.9 Å². The average Bonchev–Trinajstić information content (AvgIpc) is 2.46. The number of nitrogens with zero attached hydrogens (tertiary/aromatic N) is 1. The Bertz CT molecular complexity index is 688. The lowest BCUT2D eigenvalue weighted by Crippen LogP contribution is -2.18. The van der Waals surface area contributed by atoms with Gasteiger partial charge in [0, 0.05) is 22.3 Å². The Morgan fingerprint density at radius 3 is 2.62 bits per heavy atom. The molecule has 0 bridgehead atoms. The maximum absolute atomic E-state index is 12.2. The van der Waals surface area contributed by atoms with Crippen molar-refractivity contribution in [2.45, 2.75) is 12.8 Å². The van der Waals surface area contributed by atoms with Crippen LogP contribution in [0.2, 0.25) is 0 Å². The van der Waals surface area contributed by atoms with Crippen LogP contribution in [0.4, 0.5) is 11.4 Å². The van der Waals surface area contributed by atoms with Gasteiger partial charge in [-0.1, -0.05) is 34.1 Å². The molecule has 0 aliphatic carbocycles. The van der Waals surface area contributed by atoms with Gasteiger partial charge in [0.1, 0.15) is 0 Å². The highest BCUT2D eigenvalue weighted by Gasteiger charge is 2.17. The van der Waals surface area contributed by atoms with Gasteiger partial charge in [0.05, 0.1) is 10.8 Å². The van der Waals surface area contributed by atoms with Crippen molar-refractivity contribution in [3.8, 4) is 0 Å². The molecule has 2 aromatic carbocycles. The van der Waals surface area contributed by atoms with Gasteiger partial charge in [-0.2, -0.15) is 0 Å². The van der Waals surface area contributed by atoms with Gasteiger partial charge in [-0.15, -0.1) is 0 Å². The molecule has 2 aromatic rings. The Kier molecular flexibility index (Phi) is 4.70. The SMILES string of the molecule is CC(C(=O)Nc1cccc(Br)c1)c1cccc([N+](=O)[O-])c1. The van der Waals surface area contributed by atoms with Crippen LogP contribution in [-0.4, -0.2) is 10.8 Å². The fourth-order valence-corrected chi connectivity index (χ4v) is 2.28. The minimum Gasteiger partial charge on any atom is -0.326 e. The highest BCUT2D eigenvalue weighted by Crippen LogP contribution is 2.23. The van der Waals surface area contributed by atoms with Gasteiger partial charge in [-0.3, -0.25) is 14.9 Å². The first-order valence-corrected chi connectivity index (χ1v) is 7.07. The molecule has 108 valence electrons. The van der Waals surface area contributed by atoms with Gasteiger partial charge in [-0.25, -0.2) is 0 Å². The van der Waals surface area contributed by atoms with Crippen LogP contribution in [-0.2, 0) is 4.79 Å². The number of carbonyl (C=O) groups is 1. The molecule has 0 fully saturated rings. The first-order valence-electron chi connectivity index (χ1n) is 6.28. The summed E-state index contributed by atoms with van der Waals surface area (Å²) < 4.78 is 0.864. The van der Waals surface area contributed by atoms with E-state index in [1.54, 1.807) is 31.2 Å². The number of nitrogens with one attached hydrogen (secondary N) is 1. The second-order valence-corrected chi connectivity index (χ2v) is 5.49. The van der Waals surface area contributed by atoms with Crippen LogP contribution in [0.5, 0.6) is 0 Å². The summed E-state index contributed by atoms with van der Waals surface area (Å²) in [6, 6.07) is 13.4. The predicted molar refractivity (Wildman–Crippen MR) is 84.3 cm³/mol. The summed E-state index contributed by atoms with van der Waals surface area (Å²) in [5, 5.41) is 13.6. The summed E-state index contributed by atoms with van der Waals surface area (Å²) in [5.41, 5.74) is 1.26. The lowest BCUT2D eigenvalue weighted by molar-refractivity contribution is -0.384. The van der Waals surface area contributed by atoms with Gasteiger partial charge < -0.3 is 5.32 Å². The van der Waals surface area contributed by atoms with Crippen molar-refractivity contribution in [1.29, 1.82) is 0 Å². The van der Waals surface area contributed by atoms with E-state index in [0.717, 1.165) is 4.47 Å². The topological polar surface area (TPSA) is 72.2 Å². The van der Waals surface area contributed by atoms with E-state index in [0.29, 0.717) is 11.3 Å². The fraction of sp³-hybridized carbons (Fsp3) is 0.133. The first-order chi connectivity index (χ1) is 9.97. The number of halogens is 1. The Balaban J connectivity index is 2.15. The summed E-state index contributed by atoms with van der Waals surface area (Å²) in [7, 11) is 0. The number of amides is 1. The third-order valence-corrected chi connectivity index (χ3v) is 3.56. The molecule has 0 spiro atoms. The van der Waals surface area contributed by atoms with E-state index < -0.39 is 10.8 Å². The lowest BCUT2D eigenvalue weighted by atomic mass is 10.00. The summed E-state index contributed by atoms with van der Waals surface area (Å²) in [5.74, 6) is -0.697. The van der Waals surface area contributed by atoms with Crippen LogP contribution in [0.15, 0.2) is 53.0 Å². The van der Waals surface area contributed by atoms with E-state index in [9.17, 15) is 14.9 Å². The van der Waals surface area contributed by atoms with Gasteiger partial charge >= 0.3 is 0 Å². The van der Waals surface area contributed by atoms with Crippen molar-refractivity contribution >= 4 is 33.2 Å². The first kappa shape index (κ1) is 15.2. The number of nitro benzene ring substituents is 1. The van der Waals surface area contributed by atoms with Gasteiger partial charge in [0.25, 0.3) is 5.69 Å². The van der Waals surface area contributed by atoms with E-state index in [4.69, 9.17) is 0 Å². The maximum Gasteiger partial charge on any atom is 0.269 e. The molecule has 0 aliphatic rings. The van der Waals surface area contributed by atoms with E-state index in [1.165, 1.54) is 12.1 Å². The van der Waals surface area contributed by atoms with E-state index >= 15 is 0 Å². The summed E-state index contributed by atoms with van der Waals surface area (Å²) in [6.07, 6.45) is 0. The summed E-state index contributed by atoms with van der Waals surface area (Å²) in [4.78, 5) is 22.5. The molecular weight excluding hydrogens is 336 g/mol. The Hall–Kier alpha value is -2.21. The summed E-state index contributed by atoms with van der Waals surface area (Å²) >= 11 is 3.33. The van der Waals surface area contributed by atoms with Crippen molar-refractivity contribution in [1.82, 2.24) is 0 Å². The second kappa shape index (κ2) is 6.49. The lowest BCUT2D eigenvalue weighted by Gasteiger charge is -2.12. The zero-order valence-corrected chi connectivity index (χ0v) is 12.8. The van der Waals surface area contributed by atoms with Crippen LogP contribution in [0.3, 0.4) is 0 Å². The normalized spacial score (nSPS) is 11.7. The number of non-ortho nitro benzene ring substituents is 1. The molecule has 0 saturated carbocycles. The van der Waals surface area contributed by atoms with Crippen molar-refractivity contribution in [3.05, 3.63) is 68.7 Å². The van der Waals surface area contributed by atoms with Crippen LogP contribution < -0.4 is 5.32 Å². The molecule has 1 unspecified atom stereocenters. The molecule has 1 amide bonds. The smallest absolute Gasteiger partial charge is 0.269 e. The number of anilines is 1. The number of hydrogen-bond acceptors (Lipinski definition) is 3. The van der Waals surface area contributed by atoms with Crippen LogP contribution in [0, 0.1) is 10.1 Å². The van der Waals surface area contributed by atoms with Crippen molar-refractivity contribution < 1.29 is 9.72 Å². The molecule has 5 nitrogen and oxygen atoms in total. The number of nitro groups is 1. The standard InChI is InChI=1S/C15H13BrN2O3/c1-10(11-4-2-7-14(8-11)18(20)21)15(19)17-13-6-3-5-12(16)9-13/h2-10H,1H3,(H,17,19). The highest BCUT2D eigenvalue weighted by atomic mass is 79.9. The molecule has 1 atom stereocenters.